The lowest BCUT2D eigenvalue weighted by Crippen LogP contribution is -2.37. The number of alkyl halides is 2. The van der Waals surface area contributed by atoms with Gasteiger partial charge >= 0.3 is 5.97 Å². The van der Waals surface area contributed by atoms with Crippen LogP contribution in [-0.4, -0.2) is 51.9 Å². The van der Waals surface area contributed by atoms with E-state index in [2.05, 4.69) is 31.9 Å². The van der Waals surface area contributed by atoms with Gasteiger partial charge < -0.3 is 9.47 Å². The van der Waals surface area contributed by atoms with E-state index in [1.807, 2.05) is 0 Å². The minimum Gasteiger partial charge on any atom is -0.497 e. The van der Waals surface area contributed by atoms with Crippen molar-refractivity contribution in [3.05, 3.63) is 88.9 Å². The standard InChI is InChI=1S/C34H25Br2ClN2O6/c1-44-19-11-7-17(8-12-19)26(40)15-45-34(43)21-14-25(38-31-20(21)3-2-4-24(31)37)16-5-9-18(10-6-16)39-32(41)27-22-13-23(28(27)33(39)42)30(36)29(22)35/h2-12,14,22-23,27-30H,13,15H2,1H3. The Bertz CT molecular complexity index is 1850. The number of hydrogen-bond acceptors (Lipinski definition) is 7. The molecule has 0 radical (unpaired) electrons. The molecule has 0 N–H and O–H groups in total. The number of esters is 1. The molecule has 2 bridgehead atoms. The van der Waals surface area contributed by atoms with Crippen LogP contribution in [0.2, 0.25) is 5.02 Å². The van der Waals surface area contributed by atoms with E-state index in [1.54, 1.807) is 72.8 Å². The average molecular weight is 753 g/mol. The molecule has 1 saturated heterocycles. The van der Waals surface area contributed by atoms with Crippen molar-refractivity contribution in [3.8, 4) is 17.0 Å². The number of aromatic nitrogens is 1. The summed E-state index contributed by atoms with van der Waals surface area (Å²) in [6.07, 6.45) is 0.863. The van der Waals surface area contributed by atoms with Gasteiger partial charge in [-0.1, -0.05) is 67.7 Å². The van der Waals surface area contributed by atoms with E-state index in [0.717, 1.165) is 6.42 Å². The smallest absolute Gasteiger partial charge is 0.339 e. The lowest BCUT2D eigenvalue weighted by atomic mass is 9.81. The average Bonchev–Trinajstić information content (AvgIpc) is 3.68. The van der Waals surface area contributed by atoms with Crippen LogP contribution >= 0.6 is 43.5 Å². The Morgan fingerprint density at radius 3 is 2.20 bits per heavy atom. The fraction of sp³-hybridized carbons (Fsp3) is 0.265. The zero-order chi connectivity index (χ0) is 31.6. The van der Waals surface area contributed by atoms with Crippen LogP contribution in [0.4, 0.5) is 5.69 Å². The molecule has 0 spiro atoms. The number of Topliss-reactive ketones (excluding diaryl/α,β-unsaturated/α-hetero) is 1. The van der Waals surface area contributed by atoms with Gasteiger partial charge in [0, 0.05) is 26.2 Å². The van der Waals surface area contributed by atoms with E-state index in [-0.39, 0.29) is 56.5 Å². The first-order valence-electron chi connectivity index (χ1n) is 14.4. The third-order valence-electron chi connectivity index (χ3n) is 9.16. The lowest BCUT2D eigenvalue weighted by Gasteiger charge is -2.28. The van der Waals surface area contributed by atoms with Crippen LogP contribution in [0.3, 0.4) is 0 Å². The summed E-state index contributed by atoms with van der Waals surface area (Å²) >= 11 is 14.0. The molecule has 2 saturated carbocycles. The SMILES string of the molecule is COc1ccc(C(=O)COC(=O)c2cc(-c3ccc(N4C(=O)C5C6CC(C(Br)C6Br)C5C4=O)cc3)nc3c(Cl)cccc23)cc1. The van der Waals surface area contributed by atoms with Gasteiger partial charge in [0.15, 0.2) is 12.4 Å². The minimum absolute atomic E-state index is 0.126. The molecule has 1 aliphatic heterocycles. The summed E-state index contributed by atoms with van der Waals surface area (Å²) in [7, 11) is 1.53. The number of halogens is 3. The maximum absolute atomic E-state index is 13.5. The number of para-hydroxylation sites is 1. The number of amides is 2. The zero-order valence-electron chi connectivity index (χ0n) is 23.8. The van der Waals surface area contributed by atoms with E-state index < -0.39 is 12.6 Å². The van der Waals surface area contributed by atoms with Crippen LogP contribution in [0.15, 0.2) is 72.8 Å². The van der Waals surface area contributed by atoms with Gasteiger partial charge in [0.2, 0.25) is 11.8 Å². The number of nitrogens with zero attached hydrogens (tertiary/aromatic N) is 2. The van der Waals surface area contributed by atoms with E-state index in [0.29, 0.717) is 44.2 Å². The largest absolute Gasteiger partial charge is 0.497 e. The molecular formula is C34H25Br2ClN2O6. The van der Waals surface area contributed by atoms with Gasteiger partial charge in [-0.3, -0.25) is 19.3 Å². The number of ketones is 1. The Morgan fingerprint density at radius 1 is 0.933 bits per heavy atom. The highest BCUT2D eigenvalue weighted by molar-refractivity contribution is 9.12. The van der Waals surface area contributed by atoms with Crippen LogP contribution < -0.4 is 9.64 Å². The molecule has 11 heteroatoms. The van der Waals surface area contributed by atoms with Crippen molar-refractivity contribution in [1.82, 2.24) is 4.98 Å². The molecule has 3 aliphatic rings. The second-order valence-corrected chi connectivity index (χ2v) is 14.0. The third kappa shape index (κ3) is 4.98. The number of benzene rings is 3. The highest BCUT2D eigenvalue weighted by Gasteiger charge is 2.66. The van der Waals surface area contributed by atoms with Crippen molar-refractivity contribution in [2.24, 2.45) is 23.7 Å². The fourth-order valence-corrected chi connectivity index (χ4v) is 9.07. The number of anilines is 1. The van der Waals surface area contributed by atoms with E-state index >= 15 is 0 Å². The van der Waals surface area contributed by atoms with Crippen molar-refractivity contribution < 1.29 is 28.7 Å². The zero-order valence-corrected chi connectivity index (χ0v) is 27.7. The molecule has 2 amide bonds. The number of methoxy groups -OCH3 is 1. The molecule has 6 unspecified atom stereocenters. The molecule has 3 aromatic carbocycles. The molecule has 45 heavy (non-hydrogen) atoms. The maximum Gasteiger partial charge on any atom is 0.339 e. The van der Waals surface area contributed by atoms with E-state index in [9.17, 15) is 19.2 Å². The Labute approximate surface area is 280 Å². The highest BCUT2D eigenvalue weighted by Crippen LogP contribution is 2.60. The van der Waals surface area contributed by atoms with Gasteiger partial charge in [0.05, 0.1) is 46.4 Å². The Balaban J connectivity index is 1.15. The molecule has 228 valence electrons. The van der Waals surface area contributed by atoms with Gasteiger partial charge in [-0.05, 0) is 66.8 Å². The quantitative estimate of drug-likeness (QED) is 0.0878. The summed E-state index contributed by atoms with van der Waals surface area (Å²) in [6, 6.07) is 20.2. The van der Waals surface area contributed by atoms with Crippen molar-refractivity contribution in [2.75, 3.05) is 18.6 Å². The van der Waals surface area contributed by atoms with Gasteiger partial charge in [0.25, 0.3) is 0 Å². The van der Waals surface area contributed by atoms with Crippen molar-refractivity contribution in [3.63, 3.8) is 0 Å². The van der Waals surface area contributed by atoms with Gasteiger partial charge in [0.1, 0.15) is 5.75 Å². The van der Waals surface area contributed by atoms with Crippen LogP contribution in [0.25, 0.3) is 22.2 Å². The molecule has 1 aromatic heterocycles. The van der Waals surface area contributed by atoms with Crippen LogP contribution in [-0.2, 0) is 14.3 Å². The number of rotatable bonds is 7. The molecule has 6 atom stereocenters. The van der Waals surface area contributed by atoms with Gasteiger partial charge in [-0.2, -0.15) is 0 Å². The summed E-state index contributed by atoms with van der Waals surface area (Å²) in [4.78, 5) is 59.4. The Hall–Kier alpha value is -3.60. The third-order valence-corrected chi connectivity index (χ3v) is 12.7. The normalized spacial score (nSPS) is 25.1. The van der Waals surface area contributed by atoms with Crippen molar-refractivity contribution >= 4 is 83.6 Å². The van der Waals surface area contributed by atoms with Crippen LogP contribution in [0.1, 0.15) is 27.1 Å². The summed E-state index contributed by atoms with van der Waals surface area (Å²) in [5.74, 6) is -1.13. The Kier molecular flexibility index (Phi) is 7.78. The number of ether oxygens (including phenoxy) is 2. The predicted octanol–water partition coefficient (Wildman–Crippen LogP) is 6.89. The Morgan fingerprint density at radius 2 is 1.58 bits per heavy atom. The second-order valence-electron chi connectivity index (χ2n) is 11.5. The summed E-state index contributed by atoms with van der Waals surface area (Å²) in [6.45, 7) is -0.452. The van der Waals surface area contributed by atoms with Gasteiger partial charge in [-0.15, -0.1) is 0 Å². The number of carbonyl (C=O) groups is 4. The summed E-state index contributed by atoms with van der Waals surface area (Å²) < 4.78 is 10.6. The molecular weight excluding hydrogens is 728 g/mol. The molecule has 2 heterocycles. The monoisotopic (exact) mass is 750 g/mol. The summed E-state index contributed by atoms with van der Waals surface area (Å²) in [5, 5.41) is 0.827. The first-order valence-corrected chi connectivity index (χ1v) is 16.6. The topological polar surface area (TPSA) is 103 Å². The summed E-state index contributed by atoms with van der Waals surface area (Å²) in [5.41, 5.74) is 2.56. The van der Waals surface area contributed by atoms with E-state index in [1.165, 1.54) is 12.0 Å². The number of carbonyl (C=O) groups excluding carboxylic acids is 4. The highest BCUT2D eigenvalue weighted by atomic mass is 79.9. The number of imide groups is 1. The van der Waals surface area contributed by atoms with Gasteiger partial charge in [-0.25, -0.2) is 9.78 Å². The first-order chi connectivity index (χ1) is 21.7. The number of fused-ring (bicyclic) bond motifs is 6. The second kappa shape index (κ2) is 11.6. The fourth-order valence-electron chi connectivity index (χ4n) is 6.98. The van der Waals surface area contributed by atoms with Crippen LogP contribution in [0.5, 0.6) is 5.75 Å². The van der Waals surface area contributed by atoms with Crippen molar-refractivity contribution in [1.29, 1.82) is 0 Å². The minimum atomic E-state index is -0.700. The molecule has 7 rings (SSSR count). The molecule has 8 nitrogen and oxygen atoms in total. The van der Waals surface area contributed by atoms with Crippen LogP contribution in [0, 0.1) is 23.7 Å². The predicted molar refractivity (Wildman–Crippen MR) is 176 cm³/mol. The molecule has 4 aromatic rings. The molecule has 3 fully saturated rings. The van der Waals surface area contributed by atoms with Crippen molar-refractivity contribution in [2.45, 2.75) is 16.1 Å². The first kappa shape index (κ1) is 30.1. The number of pyridine rings is 1. The van der Waals surface area contributed by atoms with E-state index in [4.69, 9.17) is 26.1 Å². The number of hydrogen-bond donors (Lipinski definition) is 0. The molecule has 2 aliphatic carbocycles. The lowest BCUT2D eigenvalue weighted by molar-refractivity contribution is -0.123. The maximum atomic E-state index is 13.5.